The number of carbonyl (C=O) groups is 1. The molecule has 0 aliphatic rings. The van der Waals surface area contributed by atoms with E-state index >= 15 is 0 Å². The number of ether oxygens (including phenoxy) is 1. The lowest BCUT2D eigenvalue weighted by atomic mass is 9.97. The first-order valence-electron chi connectivity index (χ1n) is 5.89. The molecule has 20 heavy (non-hydrogen) atoms. The van der Waals surface area contributed by atoms with Crippen LogP contribution in [0.1, 0.15) is 15.9 Å². The number of aryl methyl sites for hydroxylation is 1. The number of rotatable bonds is 3. The zero-order valence-electron chi connectivity index (χ0n) is 11.0. The Kier molecular flexibility index (Phi) is 3.95. The van der Waals surface area contributed by atoms with Gasteiger partial charge in [0.25, 0.3) is 5.91 Å². The molecule has 0 heterocycles. The largest absolute Gasteiger partial charge is 0.493 e. The van der Waals surface area contributed by atoms with Crippen LogP contribution in [0.25, 0.3) is 11.1 Å². The number of primary amides is 1. The van der Waals surface area contributed by atoms with E-state index in [0.717, 1.165) is 11.1 Å². The normalized spacial score (nSPS) is 10.4. The molecule has 2 aromatic carbocycles. The van der Waals surface area contributed by atoms with Crippen LogP contribution in [0.5, 0.6) is 5.75 Å². The van der Waals surface area contributed by atoms with Crippen molar-refractivity contribution in [3.63, 3.8) is 0 Å². The Morgan fingerprint density at radius 3 is 2.50 bits per heavy atom. The van der Waals surface area contributed by atoms with Crippen molar-refractivity contribution in [2.75, 3.05) is 7.11 Å². The second-order valence-corrected chi connectivity index (χ2v) is 4.71. The maximum absolute atomic E-state index is 14.4. The number of methoxy groups -OCH3 is 1. The fourth-order valence-corrected chi connectivity index (χ4v) is 2.39. The van der Waals surface area contributed by atoms with E-state index in [1.54, 1.807) is 0 Å². The minimum absolute atomic E-state index is 0.0333. The lowest BCUT2D eigenvalue weighted by Crippen LogP contribution is -2.15. The summed E-state index contributed by atoms with van der Waals surface area (Å²) in [6.45, 7) is 1.89. The van der Waals surface area contributed by atoms with E-state index in [0.29, 0.717) is 5.56 Å². The van der Waals surface area contributed by atoms with Gasteiger partial charge in [-0.3, -0.25) is 4.79 Å². The molecule has 2 rings (SSSR count). The summed E-state index contributed by atoms with van der Waals surface area (Å²) >= 11 is 5.96. The van der Waals surface area contributed by atoms with E-state index in [2.05, 4.69) is 0 Å². The summed E-state index contributed by atoms with van der Waals surface area (Å²) in [7, 11) is 1.33. The van der Waals surface area contributed by atoms with Gasteiger partial charge in [0, 0.05) is 5.56 Å². The predicted octanol–water partition coefficient (Wildman–Crippen LogP) is 3.56. The molecular formula is C15H13ClFNO2. The summed E-state index contributed by atoms with van der Waals surface area (Å²) in [5.74, 6) is -1.81. The Morgan fingerprint density at radius 1 is 1.30 bits per heavy atom. The molecule has 1 amide bonds. The summed E-state index contributed by atoms with van der Waals surface area (Å²) in [6.07, 6.45) is 0. The molecule has 2 aromatic rings. The quantitative estimate of drug-likeness (QED) is 0.940. The van der Waals surface area contributed by atoms with Crippen LogP contribution >= 0.6 is 11.6 Å². The highest BCUT2D eigenvalue weighted by Gasteiger charge is 2.23. The highest BCUT2D eigenvalue weighted by atomic mass is 35.5. The second kappa shape index (κ2) is 5.51. The highest BCUT2D eigenvalue weighted by Crippen LogP contribution is 2.39. The smallest absolute Gasteiger partial charge is 0.253 e. The van der Waals surface area contributed by atoms with Crippen LogP contribution in [0, 0.1) is 12.7 Å². The van der Waals surface area contributed by atoms with Crippen LogP contribution in [-0.2, 0) is 0 Å². The number of nitrogens with two attached hydrogens (primary N) is 1. The number of hydrogen-bond donors (Lipinski definition) is 1. The first kappa shape index (κ1) is 14.3. The van der Waals surface area contributed by atoms with E-state index in [1.165, 1.54) is 13.2 Å². The zero-order valence-corrected chi connectivity index (χ0v) is 11.8. The van der Waals surface area contributed by atoms with Gasteiger partial charge in [-0.2, -0.15) is 0 Å². The van der Waals surface area contributed by atoms with Crippen molar-refractivity contribution in [2.24, 2.45) is 5.73 Å². The van der Waals surface area contributed by atoms with Gasteiger partial charge in [-0.25, -0.2) is 4.39 Å². The fourth-order valence-electron chi connectivity index (χ4n) is 2.10. The number of benzene rings is 2. The molecular weight excluding hydrogens is 281 g/mol. The third kappa shape index (κ3) is 2.34. The van der Waals surface area contributed by atoms with Crippen LogP contribution in [0.2, 0.25) is 5.02 Å². The summed E-state index contributed by atoms with van der Waals surface area (Å²) < 4.78 is 19.4. The Bertz CT molecular complexity index is 686. The standard InChI is InChI=1S/C15H13ClFNO2/c1-8-5-3-4-6-9(8)10-7-11(16)12(15(18)19)13(17)14(10)20-2/h3-7H,1-2H3,(H2,18,19). The van der Waals surface area contributed by atoms with Crippen molar-refractivity contribution in [3.05, 3.63) is 52.3 Å². The molecule has 0 fully saturated rings. The van der Waals surface area contributed by atoms with E-state index < -0.39 is 11.7 Å². The van der Waals surface area contributed by atoms with Gasteiger partial charge < -0.3 is 10.5 Å². The molecule has 0 unspecified atom stereocenters. The summed E-state index contributed by atoms with van der Waals surface area (Å²) in [5, 5.41) is -0.0333. The molecule has 0 saturated carbocycles. The molecule has 5 heteroatoms. The SMILES string of the molecule is COc1c(-c2ccccc2C)cc(Cl)c(C(N)=O)c1F. The molecule has 104 valence electrons. The topological polar surface area (TPSA) is 52.3 Å². The van der Waals surface area contributed by atoms with Crippen LogP contribution in [0.4, 0.5) is 4.39 Å². The number of halogens is 2. The maximum atomic E-state index is 14.4. The molecule has 2 N–H and O–H groups in total. The van der Waals surface area contributed by atoms with Crippen molar-refractivity contribution in [1.82, 2.24) is 0 Å². The highest BCUT2D eigenvalue weighted by molar-refractivity contribution is 6.34. The minimum Gasteiger partial charge on any atom is -0.493 e. The lowest BCUT2D eigenvalue weighted by molar-refractivity contribution is 0.0996. The average molecular weight is 294 g/mol. The molecule has 0 spiro atoms. The van der Waals surface area contributed by atoms with Gasteiger partial charge in [0.2, 0.25) is 0 Å². The Hall–Kier alpha value is -2.07. The van der Waals surface area contributed by atoms with Crippen LogP contribution in [0.15, 0.2) is 30.3 Å². The van der Waals surface area contributed by atoms with Gasteiger partial charge in [-0.15, -0.1) is 0 Å². The van der Waals surface area contributed by atoms with Crippen LogP contribution in [-0.4, -0.2) is 13.0 Å². The van der Waals surface area contributed by atoms with Crippen molar-refractivity contribution in [2.45, 2.75) is 6.92 Å². The molecule has 3 nitrogen and oxygen atoms in total. The summed E-state index contributed by atoms with van der Waals surface area (Å²) in [4.78, 5) is 11.3. The summed E-state index contributed by atoms with van der Waals surface area (Å²) in [6, 6.07) is 8.91. The molecule has 0 radical (unpaired) electrons. The van der Waals surface area contributed by atoms with E-state index in [9.17, 15) is 9.18 Å². The zero-order chi connectivity index (χ0) is 14.9. The molecule has 0 aromatic heterocycles. The van der Waals surface area contributed by atoms with Gasteiger partial charge in [-0.1, -0.05) is 35.9 Å². The van der Waals surface area contributed by atoms with Gasteiger partial charge in [0.1, 0.15) is 0 Å². The third-order valence-corrected chi connectivity index (χ3v) is 3.36. The van der Waals surface area contributed by atoms with Crippen molar-refractivity contribution in [1.29, 1.82) is 0 Å². The van der Waals surface area contributed by atoms with E-state index in [-0.39, 0.29) is 16.3 Å². The van der Waals surface area contributed by atoms with Gasteiger partial charge >= 0.3 is 0 Å². The van der Waals surface area contributed by atoms with Gasteiger partial charge in [-0.05, 0) is 24.1 Å². The molecule has 0 bridgehead atoms. The maximum Gasteiger partial charge on any atom is 0.253 e. The molecule has 0 aliphatic carbocycles. The Balaban J connectivity index is 2.79. The monoisotopic (exact) mass is 293 g/mol. The van der Waals surface area contributed by atoms with Crippen LogP contribution in [0.3, 0.4) is 0 Å². The average Bonchev–Trinajstić information content (AvgIpc) is 2.38. The van der Waals surface area contributed by atoms with Gasteiger partial charge in [0.05, 0.1) is 17.7 Å². The number of amides is 1. The summed E-state index contributed by atoms with van der Waals surface area (Å²) in [5.41, 5.74) is 6.98. The molecule has 0 aliphatic heterocycles. The first-order chi connectivity index (χ1) is 9.47. The van der Waals surface area contributed by atoms with Crippen molar-refractivity contribution in [3.8, 4) is 16.9 Å². The number of carbonyl (C=O) groups excluding carboxylic acids is 1. The minimum atomic E-state index is -0.929. The first-order valence-corrected chi connectivity index (χ1v) is 6.27. The predicted molar refractivity (Wildman–Crippen MR) is 76.7 cm³/mol. The van der Waals surface area contributed by atoms with E-state index in [4.69, 9.17) is 22.1 Å². The molecule has 0 saturated heterocycles. The third-order valence-electron chi connectivity index (χ3n) is 3.06. The second-order valence-electron chi connectivity index (χ2n) is 4.31. The number of hydrogen-bond acceptors (Lipinski definition) is 2. The van der Waals surface area contributed by atoms with Crippen molar-refractivity contribution < 1.29 is 13.9 Å². The fraction of sp³-hybridized carbons (Fsp3) is 0.133. The molecule has 0 atom stereocenters. The van der Waals surface area contributed by atoms with Gasteiger partial charge in [0.15, 0.2) is 11.6 Å². The lowest BCUT2D eigenvalue weighted by Gasteiger charge is -2.14. The van der Waals surface area contributed by atoms with E-state index in [1.807, 2.05) is 31.2 Å². The van der Waals surface area contributed by atoms with Crippen LogP contribution < -0.4 is 10.5 Å². The Labute approximate surface area is 121 Å². The van der Waals surface area contributed by atoms with Crippen molar-refractivity contribution >= 4 is 17.5 Å². The Morgan fingerprint density at radius 2 is 1.95 bits per heavy atom.